The van der Waals surface area contributed by atoms with Crippen molar-refractivity contribution in [1.82, 2.24) is 9.55 Å². The van der Waals surface area contributed by atoms with E-state index in [0.29, 0.717) is 24.0 Å². The molecular formula is C26H31N3O3. The van der Waals surface area contributed by atoms with E-state index in [1.165, 1.54) is 0 Å². The third kappa shape index (κ3) is 4.35. The Bertz CT molecular complexity index is 1140. The summed E-state index contributed by atoms with van der Waals surface area (Å²) in [6.07, 6.45) is 0.800. The number of fused-ring (bicyclic) bond motifs is 3. The Kier molecular flexibility index (Phi) is 6.21. The van der Waals surface area contributed by atoms with Crippen molar-refractivity contribution in [2.24, 2.45) is 5.92 Å². The minimum Gasteiger partial charge on any atom is -0.494 e. The first kappa shape index (κ1) is 21.9. The van der Waals surface area contributed by atoms with Crippen LogP contribution in [0.25, 0.3) is 11.0 Å². The van der Waals surface area contributed by atoms with Crippen molar-refractivity contribution in [1.29, 1.82) is 0 Å². The maximum Gasteiger partial charge on any atom is 0.338 e. The van der Waals surface area contributed by atoms with Crippen LogP contribution in [-0.4, -0.2) is 28.2 Å². The number of carbonyl (C=O) groups excluding carboxylic acids is 1. The predicted octanol–water partition coefficient (Wildman–Crippen LogP) is 5.70. The van der Waals surface area contributed by atoms with Gasteiger partial charge in [-0.15, -0.1) is 0 Å². The molecule has 0 spiro atoms. The molecule has 168 valence electrons. The zero-order chi connectivity index (χ0) is 22.8. The number of imidazole rings is 1. The summed E-state index contributed by atoms with van der Waals surface area (Å²) in [6, 6.07) is 15.6. The van der Waals surface area contributed by atoms with Gasteiger partial charge in [-0.3, -0.25) is 4.57 Å². The molecule has 0 radical (unpaired) electrons. The van der Waals surface area contributed by atoms with Gasteiger partial charge in [-0.05, 0) is 62.9 Å². The Hall–Kier alpha value is -3.28. The summed E-state index contributed by atoms with van der Waals surface area (Å²) in [5.41, 5.74) is 4.14. The summed E-state index contributed by atoms with van der Waals surface area (Å²) >= 11 is 0. The quantitative estimate of drug-likeness (QED) is 0.484. The molecule has 2 aromatic carbocycles. The highest BCUT2D eigenvalue weighted by Crippen LogP contribution is 2.40. The number of esters is 1. The van der Waals surface area contributed by atoms with Gasteiger partial charge in [-0.25, -0.2) is 9.78 Å². The van der Waals surface area contributed by atoms with Crippen LogP contribution >= 0.6 is 0 Å². The number of hydrogen-bond donors (Lipinski definition) is 1. The minimum absolute atomic E-state index is 0.207. The molecular weight excluding hydrogens is 402 g/mol. The van der Waals surface area contributed by atoms with Crippen LogP contribution in [-0.2, 0) is 9.53 Å². The van der Waals surface area contributed by atoms with Gasteiger partial charge in [0.1, 0.15) is 5.75 Å². The van der Waals surface area contributed by atoms with Crippen molar-refractivity contribution in [3.8, 4) is 5.75 Å². The lowest BCUT2D eigenvalue weighted by Crippen LogP contribution is -2.29. The molecule has 6 nitrogen and oxygen atoms in total. The molecule has 1 N–H and O–H groups in total. The number of anilines is 1. The Morgan fingerprint density at radius 3 is 2.50 bits per heavy atom. The second-order valence-electron chi connectivity index (χ2n) is 8.91. The summed E-state index contributed by atoms with van der Waals surface area (Å²) in [7, 11) is 0. The zero-order valence-corrected chi connectivity index (χ0v) is 19.4. The molecule has 6 heteroatoms. The third-order valence-electron chi connectivity index (χ3n) is 5.55. The molecule has 4 rings (SSSR count). The molecule has 3 aromatic rings. The first-order valence-corrected chi connectivity index (χ1v) is 11.2. The lowest BCUT2D eigenvalue weighted by atomic mass is 9.95. The molecule has 0 fully saturated rings. The van der Waals surface area contributed by atoms with Crippen LogP contribution in [0.3, 0.4) is 0 Å². The molecule has 32 heavy (non-hydrogen) atoms. The standard InChI is InChI=1S/C26H31N3O3/c1-16(2)14-15-31-20-12-10-19(11-13-20)24-23(25(30)32-17(3)4)18(5)27-26-28-21-8-6-7-9-22(21)29(24)26/h6-13,16-17,24H,14-15H2,1-5H3,(H,27,28)/t24-/m1/s1. The summed E-state index contributed by atoms with van der Waals surface area (Å²) in [5.74, 6) is 1.81. The number of aromatic nitrogens is 2. The van der Waals surface area contributed by atoms with Crippen molar-refractivity contribution < 1.29 is 14.3 Å². The van der Waals surface area contributed by atoms with Crippen molar-refractivity contribution in [2.45, 2.75) is 53.2 Å². The second-order valence-corrected chi connectivity index (χ2v) is 8.91. The molecule has 1 aromatic heterocycles. The SMILES string of the molecule is CC1=C(C(=O)OC(C)C)[C@@H](c2ccc(OCCC(C)C)cc2)n2c(nc3ccccc32)N1. The van der Waals surface area contributed by atoms with Crippen LogP contribution in [0.5, 0.6) is 5.75 Å². The summed E-state index contributed by atoms with van der Waals surface area (Å²) in [4.78, 5) is 17.9. The Morgan fingerprint density at radius 2 is 1.81 bits per heavy atom. The molecule has 0 saturated carbocycles. The van der Waals surface area contributed by atoms with Gasteiger partial charge in [-0.1, -0.05) is 38.1 Å². The van der Waals surface area contributed by atoms with Gasteiger partial charge < -0.3 is 14.8 Å². The number of benzene rings is 2. The third-order valence-corrected chi connectivity index (χ3v) is 5.55. The van der Waals surface area contributed by atoms with E-state index in [0.717, 1.165) is 34.5 Å². The molecule has 0 bridgehead atoms. The van der Waals surface area contributed by atoms with E-state index in [2.05, 4.69) is 23.7 Å². The fourth-order valence-corrected chi connectivity index (χ4v) is 3.98. The fraction of sp³-hybridized carbons (Fsp3) is 0.385. The van der Waals surface area contributed by atoms with Gasteiger partial charge in [-0.2, -0.15) is 0 Å². The van der Waals surface area contributed by atoms with E-state index >= 15 is 0 Å². The molecule has 1 aliphatic heterocycles. The highest BCUT2D eigenvalue weighted by molar-refractivity contribution is 5.94. The first-order valence-electron chi connectivity index (χ1n) is 11.2. The van der Waals surface area contributed by atoms with Gasteiger partial charge in [0.2, 0.25) is 5.95 Å². The van der Waals surface area contributed by atoms with Crippen molar-refractivity contribution in [2.75, 3.05) is 11.9 Å². The maximum atomic E-state index is 13.2. The number of ether oxygens (including phenoxy) is 2. The van der Waals surface area contributed by atoms with Gasteiger partial charge in [0, 0.05) is 5.70 Å². The largest absolute Gasteiger partial charge is 0.494 e. The van der Waals surface area contributed by atoms with Crippen molar-refractivity contribution >= 4 is 23.0 Å². The summed E-state index contributed by atoms with van der Waals surface area (Å²) in [5, 5.41) is 3.31. The predicted molar refractivity (Wildman–Crippen MR) is 127 cm³/mol. The maximum absolute atomic E-state index is 13.2. The number of nitrogens with zero attached hydrogens (tertiary/aromatic N) is 2. The van der Waals surface area contributed by atoms with Gasteiger partial charge in [0.25, 0.3) is 0 Å². The summed E-state index contributed by atoms with van der Waals surface area (Å²) < 4.78 is 13.6. The number of hydrogen-bond acceptors (Lipinski definition) is 5. The Balaban J connectivity index is 1.76. The van der Waals surface area contributed by atoms with Crippen molar-refractivity contribution in [3.63, 3.8) is 0 Å². The monoisotopic (exact) mass is 433 g/mol. The van der Waals surface area contributed by atoms with Gasteiger partial charge >= 0.3 is 5.97 Å². The zero-order valence-electron chi connectivity index (χ0n) is 19.4. The highest BCUT2D eigenvalue weighted by atomic mass is 16.5. The number of nitrogens with one attached hydrogen (secondary N) is 1. The van der Waals surface area contributed by atoms with Crippen LogP contribution in [0.1, 0.15) is 52.6 Å². The summed E-state index contributed by atoms with van der Waals surface area (Å²) in [6.45, 7) is 10.7. The van der Waals surface area contributed by atoms with Crippen molar-refractivity contribution in [3.05, 3.63) is 65.4 Å². The number of rotatable bonds is 7. The molecule has 1 atom stereocenters. The molecule has 0 saturated heterocycles. The molecule has 0 aliphatic carbocycles. The highest BCUT2D eigenvalue weighted by Gasteiger charge is 2.35. The molecule has 0 unspecified atom stereocenters. The topological polar surface area (TPSA) is 65.4 Å². The van der Waals surface area contributed by atoms with Gasteiger partial charge in [0.05, 0.1) is 35.4 Å². The Labute approximate surface area is 189 Å². The lowest BCUT2D eigenvalue weighted by Gasteiger charge is -2.30. The van der Waals surface area contributed by atoms with Crippen LogP contribution in [0.15, 0.2) is 59.8 Å². The van der Waals surface area contributed by atoms with Gasteiger partial charge in [0.15, 0.2) is 0 Å². The average Bonchev–Trinajstić information content (AvgIpc) is 3.10. The Morgan fingerprint density at radius 1 is 1.09 bits per heavy atom. The number of para-hydroxylation sites is 2. The van der Waals surface area contributed by atoms with E-state index in [-0.39, 0.29) is 18.1 Å². The van der Waals surface area contributed by atoms with E-state index in [4.69, 9.17) is 14.5 Å². The molecule has 1 aliphatic rings. The first-order chi connectivity index (χ1) is 15.3. The van der Waals surface area contributed by atoms with E-state index < -0.39 is 0 Å². The smallest absolute Gasteiger partial charge is 0.338 e. The van der Waals surface area contributed by atoms with Crippen LogP contribution in [0.2, 0.25) is 0 Å². The second kappa shape index (κ2) is 9.07. The number of carbonyl (C=O) groups is 1. The molecule has 2 heterocycles. The minimum atomic E-state index is -0.352. The van der Waals surface area contributed by atoms with Crippen LogP contribution < -0.4 is 10.1 Å². The average molecular weight is 434 g/mol. The van der Waals surface area contributed by atoms with E-state index in [1.807, 2.05) is 69.3 Å². The normalized spacial score (nSPS) is 15.8. The van der Waals surface area contributed by atoms with Crippen LogP contribution in [0, 0.1) is 5.92 Å². The molecule has 0 amide bonds. The van der Waals surface area contributed by atoms with Crippen LogP contribution in [0.4, 0.5) is 5.95 Å². The van der Waals surface area contributed by atoms with E-state index in [9.17, 15) is 4.79 Å². The number of allylic oxidation sites excluding steroid dienone is 1. The fourth-order valence-electron chi connectivity index (χ4n) is 3.98. The van der Waals surface area contributed by atoms with E-state index in [1.54, 1.807) is 0 Å². The lowest BCUT2D eigenvalue weighted by molar-refractivity contribution is -0.143.